The quantitative estimate of drug-likeness (QED) is 0.687. The molecule has 158 valence electrons. The predicted octanol–water partition coefficient (Wildman–Crippen LogP) is 3.90. The van der Waals surface area contributed by atoms with Crippen LogP contribution in [0.5, 0.6) is 0 Å². The Morgan fingerprint density at radius 3 is 2.58 bits per heavy atom. The van der Waals surface area contributed by atoms with Crippen LogP contribution in [0.2, 0.25) is 0 Å². The maximum absolute atomic E-state index is 11.7. The van der Waals surface area contributed by atoms with E-state index in [-0.39, 0.29) is 18.0 Å². The summed E-state index contributed by atoms with van der Waals surface area (Å²) >= 11 is 0. The fraction of sp³-hybridized carbons (Fsp3) is 0.360. The molecular weight excluding hydrogens is 388 g/mol. The maximum atomic E-state index is 11.7. The van der Waals surface area contributed by atoms with Gasteiger partial charge in [-0.2, -0.15) is 0 Å². The number of hydrogen-bond donors (Lipinski definition) is 1. The van der Waals surface area contributed by atoms with Gasteiger partial charge in [0.2, 0.25) is 5.91 Å². The Hall–Kier alpha value is -3.28. The van der Waals surface area contributed by atoms with Gasteiger partial charge in [-0.25, -0.2) is 4.68 Å². The summed E-state index contributed by atoms with van der Waals surface area (Å²) in [5.41, 5.74) is 6.65. The van der Waals surface area contributed by atoms with Gasteiger partial charge in [-0.3, -0.25) is 9.59 Å². The van der Waals surface area contributed by atoms with Crippen LogP contribution in [0.3, 0.4) is 0 Å². The zero-order valence-electron chi connectivity index (χ0n) is 17.7. The highest BCUT2D eigenvalue weighted by atomic mass is 16.1. The lowest BCUT2D eigenvalue weighted by Gasteiger charge is -2.15. The molecule has 1 N–H and O–H groups in total. The summed E-state index contributed by atoms with van der Waals surface area (Å²) in [5.74, 6) is 0.405. The van der Waals surface area contributed by atoms with Gasteiger partial charge in [-0.05, 0) is 41.5 Å². The van der Waals surface area contributed by atoms with E-state index in [2.05, 4.69) is 58.1 Å². The number of carbonyl (C=O) groups is 2. The van der Waals surface area contributed by atoms with Crippen molar-refractivity contribution in [3.63, 3.8) is 0 Å². The number of carbonyl (C=O) groups excluding carboxylic acids is 2. The van der Waals surface area contributed by atoms with Crippen molar-refractivity contribution in [2.45, 2.75) is 57.5 Å². The monoisotopic (exact) mass is 414 g/mol. The first-order chi connectivity index (χ1) is 15.1. The van der Waals surface area contributed by atoms with Crippen LogP contribution < -0.4 is 5.32 Å². The number of nitrogens with one attached hydrogen (secondary N) is 1. The van der Waals surface area contributed by atoms with E-state index in [1.807, 2.05) is 17.8 Å². The van der Waals surface area contributed by atoms with Gasteiger partial charge in [0.1, 0.15) is 5.78 Å². The van der Waals surface area contributed by atoms with E-state index in [1.165, 1.54) is 0 Å². The van der Waals surface area contributed by atoms with Gasteiger partial charge in [-0.15, -0.1) is 5.10 Å². The number of hydrogen-bond acceptors (Lipinski definition) is 4. The number of fused-ring (bicyclic) bond motifs is 1. The van der Waals surface area contributed by atoms with Crippen molar-refractivity contribution in [1.29, 1.82) is 0 Å². The van der Waals surface area contributed by atoms with Crippen LogP contribution in [0.4, 0.5) is 0 Å². The maximum Gasteiger partial charge on any atom is 0.219 e. The number of benzene rings is 2. The van der Waals surface area contributed by atoms with E-state index in [0.717, 1.165) is 52.8 Å². The summed E-state index contributed by atoms with van der Waals surface area (Å²) in [6.45, 7) is 1.88. The molecular formula is C25H26N4O2. The number of aromatic nitrogens is 3. The second kappa shape index (κ2) is 8.10. The minimum Gasteiger partial charge on any atom is -0.353 e. The summed E-state index contributed by atoms with van der Waals surface area (Å²) in [4.78, 5) is 23.4. The highest BCUT2D eigenvalue weighted by Gasteiger charge is 2.29. The molecule has 6 heteroatoms. The minimum absolute atomic E-state index is 0.107. The second-order valence-electron chi connectivity index (χ2n) is 8.60. The number of amides is 1. The summed E-state index contributed by atoms with van der Waals surface area (Å²) in [5, 5.41) is 11.6. The summed E-state index contributed by atoms with van der Waals surface area (Å²) < 4.78 is 2.01. The van der Waals surface area contributed by atoms with Crippen LogP contribution in [-0.4, -0.2) is 32.7 Å². The third-order valence-electron chi connectivity index (χ3n) is 6.51. The van der Waals surface area contributed by atoms with E-state index in [4.69, 9.17) is 0 Å². The van der Waals surface area contributed by atoms with Gasteiger partial charge in [-0.1, -0.05) is 54.6 Å². The highest BCUT2D eigenvalue weighted by Crippen LogP contribution is 2.34. The summed E-state index contributed by atoms with van der Waals surface area (Å²) in [6.07, 6.45) is 6.28. The van der Waals surface area contributed by atoms with E-state index >= 15 is 0 Å². The number of nitrogens with zero attached hydrogens (tertiary/aromatic N) is 3. The molecule has 2 aliphatic carbocycles. The van der Waals surface area contributed by atoms with E-state index in [0.29, 0.717) is 25.0 Å². The zero-order chi connectivity index (χ0) is 21.4. The smallest absolute Gasteiger partial charge is 0.219 e. The molecule has 1 fully saturated rings. The predicted molar refractivity (Wildman–Crippen MR) is 118 cm³/mol. The number of Topliss-reactive ketones (excluding diaryl/α,β-unsaturated/α-hetero) is 1. The van der Waals surface area contributed by atoms with Crippen molar-refractivity contribution >= 4 is 11.7 Å². The van der Waals surface area contributed by atoms with Gasteiger partial charge in [0.25, 0.3) is 0 Å². The first-order valence-corrected chi connectivity index (χ1v) is 11.0. The lowest BCUT2D eigenvalue weighted by molar-refractivity contribution is -0.121. The van der Waals surface area contributed by atoms with Gasteiger partial charge in [0, 0.05) is 30.9 Å². The SMILES string of the molecule is CCC(=O)N[C@H]1CC[C@@H](n2nncc2-c2ccc(-c3ccc4c(c3)CC(=O)C4)cc2)C1. The van der Waals surface area contributed by atoms with Crippen molar-refractivity contribution < 1.29 is 9.59 Å². The van der Waals surface area contributed by atoms with Gasteiger partial charge >= 0.3 is 0 Å². The average Bonchev–Trinajstić information content (AvgIpc) is 3.51. The lowest BCUT2D eigenvalue weighted by atomic mass is 9.99. The molecule has 3 aromatic rings. The molecule has 1 heterocycles. The zero-order valence-corrected chi connectivity index (χ0v) is 17.7. The van der Waals surface area contributed by atoms with Gasteiger partial charge < -0.3 is 5.32 Å². The van der Waals surface area contributed by atoms with Crippen molar-refractivity contribution in [1.82, 2.24) is 20.3 Å². The third kappa shape index (κ3) is 3.90. The summed E-state index contributed by atoms with van der Waals surface area (Å²) in [6, 6.07) is 15.2. The van der Waals surface area contributed by atoms with E-state index < -0.39 is 0 Å². The molecule has 31 heavy (non-hydrogen) atoms. The fourth-order valence-corrected chi connectivity index (χ4v) is 4.82. The van der Waals surface area contributed by atoms with E-state index in [9.17, 15) is 9.59 Å². The van der Waals surface area contributed by atoms with Crippen molar-refractivity contribution in [3.8, 4) is 22.4 Å². The highest BCUT2D eigenvalue weighted by molar-refractivity contribution is 5.88. The lowest BCUT2D eigenvalue weighted by Crippen LogP contribution is -2.32. The molecule has 2 aliphatic rings. The van der Waals surface area contributed by atoms with Crippen molar-refractivity contribution in [3.05, 3.63) is 59.8 Å². The molecule has 0 saturated heterocycles. The van der Waals surface area contributed by atoms with Crippen LogP contribution in [0.15, 0.2) is 48.7 Å². The molecule has 1 saturated carbocycles. The Morgan fingerprint density at radius 1 is 1.03 bits per heavy atom. The average molecular weight is 415 g/mol. The Kier molecular flexibility index (Phi) is 5.14. The Morgan fingerprint density at radius 2 is 1.77 bits per heavy atom. The number of rotatable bonds is 5. The third-order valence-corrected chi connectivity index (χ3v) is 6.51. The first kappa shape index (κ1) is 19.7. The fourth-order valence-electron chi connectivity index (χ4n) is 4.82. The molecule has 5 rings (SSSR count). The molecule has 1 amide bonds. The van der Waals surface area contributed by atoms with Crippen molar-refractivity contribution in [2.24, 2.45) is 0 Å². The second-order valence-corrected chi connectivity index (χ2v) is 8.60. The standard InChI is InChI=1S/C25H26N4O2/c1-2-25(31)27-21-9-10-22(14-21)29-24(15-26-28-29)17-5-3-16(4-6-17)18-7-8-19-12-23(30)13-20(19)11-18/h3-8,11,15,21-22H,2,9-10,12-14H2,1H3,(H,27,31)/t21-,22+/m0/s1. The molecule has 1 aromatic heterocycles. The van der Waals surface area contributed by atoms with Crippen LogP contribution in [-0.2, 0) is 22.4 Å². The van der Waals surface area contributed by atoms with Crippen LogP contribution >= 0.6 is 0 Å². The molecule has 0 radical (unpaired) electrons. The molecule has 0 unspecified atom stereocenters. The van der Waals surface area contributed by atoms with Crippen LogP contribution in [0.25, 0.3) is 22.4 Å². The topological polar surface area (TPSA) is 76.9 Å². The van der Waals surface area contributed by atoms with Crippen LogP contribution in [0.1, 0.15) is 49.8 Å². The molecule has 0 spiro atoms. The summed E-state index contributed by atoms with van der Waals surface area (Å²) in [7, 11) is 0. The Bertz CT molecular complexity index is 1130. The number of ketones is 1. The van der Waals surface area contributed by atoms with Gasteiger partial charge in [0.15, 0.2) is 0 Å². The van der Waals surface area contributed by atoms with E-state index in [1.54, 1.807) is 0 Å². The van der Waals surface area contributed by atoms with Crippen molar-refractivity contribution in [2.75, 3.05) is 0 Å². The molecule has 0 bridgehead atoms. The normalized spacial score (nSPS) is 20.1. The molecule has 2 atom stereocenters. The first-order valence-electron chi connectivity index (χ1n) is 11.0. The van der Waals surface area contributed by atoms with Crippen LogP contribution in [0, 0.1) is 0 Å². The van der Waals surface area contributed by atoms with Gasteiger partial charge in [0.05, 0.1) is 17.9 Å². The Labute approximate surface area is 181 Å². The molecule has 2 aromatic carbocycles. The Balaban J connectivity index is 1.34. The molecule has 0 aliphatic heterocycles. The largest absolute Gasteiger partial charge is 0.353 e. The molecule has 6 nitrogen and oxygen atoms in total. The minimum atomic E-state index is 0.107.